The number of carbonyl (C=O) groups is 3. The van der Waals surface area contributed by atoms with E-state index in [4.69, 9.17) is 11.6 Å². The molecule has 3 aromatic rings. The third-order valence-corrected chi connectivity index (χ3v) is 6.60. The number of carbonyl (C=O) groups excluding carboxylic acids is 3. The zero-order valence-corrected chi connectivity index (χ0v) is 19.1. The lowest BCUT2D eigenvalue weighted by atomic mass is 9.97. The van der Waals surface area contributed by atoms with Gasteiger partial charge in [-0.25, -0.2) is 0 Å². The molecule has 2 aliphatic heterocycles. The second-order valence-corrected chi connectivity index (χ2v) is 9.20. The summed E-state index contributed by atoms with van der Waals surface area (Å²) in [5.41, 5.74) is 4.32. The van der Waals surface area contributed by atoms with Crippen LogP contribution in [0.15, 0.2) is 48.5 Å². The smallest absolute Gasteiger partial charge is 0.262 e. The summed E-state index contributed by atoms with van der Waals surface area (Å²) < 4.78 is 0. The van der Waals surface area contributed by atoms with E-state index in [9.17, 15) is 14.4 Å². The van der Waals surface area contributed by atoms with E-state index in [1.807, 2.05) is 26.0 Å². The van der Waals surface area contributed by atoms with Crippen molar-refractivity contribution in [1.82, 2.24) is 20.0 Å². The maximum atomic E-state index is 13.7. The van der Waals surface area contributed by atoms with Crippen LogP contribution < -0.4 is 0 Å². The first kappa shape index (κ1) is 21.4. The molecule has 1 aromatic heterocycles. The van der Waals surface area contributed by atoms with Crippen LogP contribution in [-0.2, 0) is 17.8 Å². The van der Waals surface area contributed by atoms with Crippen molar-refractivity contribution >= 4 is 29.3 Å². The molecule has 7 nitrogen and oxygen atoms in total. The van der Waals surface area contributed by atoms with Gasteiger partial charge in [-0.05, 0) is 30.2 Å². The Morgan fingerprint density at radius 1 is 1.03 bits per heavy atom. The van der Waals surface area contributed by atoms with Crippen LogP contribution in [0.1, 0.15) is 45.8 Å². The molecule has 5 rings (SSSR count). The van der Waals surface area contributed by atoms with Crippen LogP contribution in [0.2, 0.25) is 5.02 Å². The summed E-state index contributed by atoms with van der Waals surface area (Å²) in [6.45, 7) is 4.56. The number of nitrogens with zero attached hydrogens (tertiary/aromatic N) is 3. The molecular weight excluding hydrogens is 440 g/mol. The molecule has 0 saturated carbocycles. The Hall–Kier alpha value is -3.45. The number of H-pyrrole nitrogens is 1. The van der Waals surface area contributed by atoms with E-state index in [1.54, 1.807) is 41.3 Å². The van der Waals surface area contributed by atoms with Crippen LogP contribution in [0.25, 0.3) is 11.3 Å². The van der Waals surface area contributed by atoms with E-state index in [2.05, 4.69) is 10.2 Å². The SMILES string of the molecule is CC(C)C(C(=O)N1CCc2[nH]nc(-c3ccc(Cl)cc3)c2C1)N1C(=O)c2ccccc2C1=O. The Morgan fingerprint density at radius 2 is 1.67 bits per heavy atom. The molecule has 0 saturated heterocycles. The highest BCUT2D eigenvalue weighted by molar-refractivity contribution is 6.30. The van der Waals surface area contributed by atoms with Gasteiger partial charge in [-0.1, -0.05) is 49.7 Å². The van der Waals surface area contributed by atoms with Gasteiger partial charge in [-0.15, -0.1) is 0 Å². The van der Waals surface area contributed by atoms with Crippen molar-refractivity contribution in [3.8, 4) is 11.3 Å². The van der Waals surface area contributed by atoms with Crippen molar-refractivity contribution in [2.75, 3.05) is 6.54 Å². The molecule has 3 amide bonds. The fraction of sp³-hybridized carbons (Fsp3) is 0.280. The average molecular weight is 463 g/mol. The molecule has 168 valence electrons. The van der Waals surface area contributed by atoms with E-state index in [0.717, 1.165) is 27.4 Å². The van der Waals surface area contributed by atoms with Gasteiger partial charge in [0.1, 0.15) is 6.04 Å². The number of imide groups is 1. The Kier molecular flexibility index (Phi) is 5.29. The number of benzene rings is 2. The summed E-state index contributed by atoms with van der Waals surface area (Å²) in [5.74, 6) is -1.29. The minimum absolute atomic E-state index is 0.228. The van der Waals surface area contributed by atoms with E-state index in [0.29, 0.717) is 35.7 Å². The number of halogens is 1. The van der Waals surface area contributed by atoms with Crippen LogP contribution in [0.4, 0.5) is 0 Å². The van der Waals surface area contributed by atoms with Crippen LogP contribution in [0.5, 0.6) is 0 Å². The van der Waals surface area contributed by atoms with Gasteiger partial charge in [-0.3, -0.25) is 24.4 Å². The predicted octanol–water partition coefficient (Wildman–Crippen LogP) is 3.94. The third kappa shape index (κ3) is 3.53. The molecule has 2 aromatic carbocycles. The van der Waals surface area contributed by atoms with Crippen LogP contribution in [0.3, 0.4) is 0 Å². The molecule has 8 heteroatoms. The van der Waals surface area contributed by atoms with Crippen molar-refractivity contribution < 1.29 is 14.4 Å². The quantitative estimate of drug-likeness (QED) is 0.595. The number of hydrogen-bond donors (Lipinski definition) is 1. The Labute approximate surface area is 196 Å². The van der Waals surface area contributed by atoms with Gasteiger partial charge in [0.05, 0.1) is 16.8 Å². The molecular formula is C25H23ClN4O3. The number of rotatable bonds is 4. The summed E-state index contributed by atoms with van der Waals surface area (Å²) in [4.78, 5) is 42.7. The number of amides is 3. The van der Waals surface area contributed by atoms with Gasteiger partial charge in [0.25, 0.3) is 11.8 Å². The van der Waals surface area contributed by atoms with Crippen LogP contribution in [0, 0.1) is 5.92 Å². The van der Waals surface area contributed by atoms with Gasteiger partial charge in [-0.2, -0.15) is 5.10 Å². The zero-order chi connectivity index (χ0) is 23.3. The molecule has 0 radical (unpaired) electrons. The Bertz CT molecular complexity index is 1230. The van der Waals surface area contributed by atoms with Crippen molar-refractivity contribution in [1.29, 1.82) is 0 Å². The largest absolute Gasteiger partial charge is 0.336 e. The zero-order valence-electron chi connectivity index (χ0n) is 18.3. The van der Waals surface area contributed by atoms with Crippen LogP contribution in [-0.4, -0.2) is 50.3 Å². The normalized spacial score (nSPS) is 16.2. The molecule has 1 unspecified atom stereocenters. The Balaban J connectivity index is 1.44. The van der Waals surface area contributed by atoms with E-state index < -0.39 is 17.9 Å². The standard InChI is InChI=1S/C25H23ClN4O3/c1-14(2)22(30-23(31)17-5-3-4-6-18(17)24(30)32)25(33)29-12-11-20-19(13-29)21(28-27-20)15-7-9-16(26)10-8-15/h3-10,14,22H,11-13H2,1-2H3,(H,27,28). The highest BCUT2D eigenvalue weighted by Crippen LogP contribution is 2.32. The van der Waals surface area contributed by atoms with Crippen molar-refractivity contribution in [2.24, 2.45) is 5.92 Å². The minimum atomic E-state index is -0.871. The summed E-state index contributed by atoms with van der Waals surface area (Å²) >= 11 is 6.02. The molecule has 0 bridgehead atoms. The van der Waals surface area contributed by atoms with E-state index >= 15 is 0 Å². The first-order chi connectivity index (χ1) is 15.9. The molecule has 2 aliphatic rings. The summed E-state index contributed by atoms with van der Waals surface area (Å²) in [6.07, 6.45) is 0.620. The van der Waals surface area contributed by atoms with Crippen molar-refractivity contribution in [2.45, 2.75) is 32.9 Å². The van der Waals surface area contributed by atoms with Gasteiger partial charge < -0.3 is 4.90 Å². The van der Waals surface area contributed by atoms with Gasteiger partial charge in [0, 0.05) is 41.4 Å². The molecule has 0 spiro atoms. The fourth-order valence-corrected chi connectivity index (χ4v) is 4.80. The lowest BCUT2D eigenvalue weighted by molar-refractivity contribution is -0.137. The molecule has 0 fully saturated rings. The number of fused-ring (bicyclic) bond motifs is 2. The predicted molar refractivity (Wildman–Crippen MR) is 124 cm³/mol. The maximum Gasteiger partial charge on any atom is 0.262 e. The third-order valence-electron chi connectivity index (χ3n) is 6.35. The highest BCUT2D eigenvalue weighted by atomic mass is 35.5. The number of aromatic nitrogens is 2. The van der Waals surface area contributed by atoms with Crippen molar-refractivity contribution in [3.63, 3.8) is 0 Å². The lowest BCUT2D eigenvalue weighted by Crippen LogP contribution is -2.54. The molecule has 33 heavy (non-hydrogen) atoms. The highest BCUT2D eigenvalue weighted by Gasteiger charge is 2.45. The summed E-state index contributed by atoms with van der Waals surface area (Å²) in [5, 5.41) is 8.21. The Morgan fingerprint density at radius 3 is 2.27 bits per heavy atom. The lowest BCUT2D eigenvalue weighted by Gasteiger charge is -2.35. The molecule has 1 N–H and O–H groups in total. The molecule has 0 aliphatic carbocycles. The first-order valence-corrected chi connectivity index (χ1v) is 11.3. The number of aromatic amines is 1. The van der Waals surface area contributed by atoms with Gasteiger partial charge in [0.2, 0.25) is 5.91 Å². The van der Waals surface area contributed by atoms with E-state index in [1.165, 1.54) is 0 Å². The van der Waals surface area contributed by atoms with Crippen molar-refractivity contribution in [3.05, 3.63) is 75.9 Å². The van der Waals surface area contributed by atoms with Gasteiger partial charge in [0.15, 0.2) is 0 Å². The monoisotopic (exact) mass is 462 g/mol. The summed E-state index contributed by atoms with van der Waals surface area (Å²) in [7, 11) is 0. The molecule has 1 atom stereocenters. The second kappa shape index (κ2) is 8.15. The maximum absolute atomic E-state index is 13.7. The summed E-state index contributed by atoms with van der Waals surface area (Å²) in [6, 6.07) is 13.3. The topological polar surface area (TPSA) is 86.4 Å². The average Bonchev–Trinajstić information content (AvgIpc) is 3.34. The van der Waals surface area contributed by atoms with Crippen LogP contribution >= 0.6 is 11.6 Å². The first-order valence-electron chi connectivity index (χ1n) is 10.9. The molecule has 3 heterocycles. The number of hydrogen-bond acceptors (Lipinski definition) is 4. The minimum Gasteiger partial charge on any atom is -0.336 e. The number of nitrogens with one attached hydrogen (secondary N) is 1. The second-order valence-electron chi connectivity index (χ2n) is 8.76. The van der Waals surface area contributed by atoms with Gasteiger partial charge >= 0.3 is 0 Å². The van der Waals surface area contributed by atoms with E-state index in [-0.39, 0.29) is 11.8 Å². The fourth-order valence-electron chi connectivity index (χ4n) is 4.67.